The van der Waals surface area contributed by atoms with Gasteiger partial charge < -0.3 is 10.2 Å². The molecule has 1 unspecified atom stereocenters. The number of phenols is 1. The van der Waals surface area contributed by atoms with Gasteiger partial charge in [-0.05, 0) is 31.7 Å². The minimum absolute atomic E-state index is 0.136. The van der Waals surface area contributed by atoms with Crippen LogP contribution in [0.1, 0.15) is 12.5 Å². The van der Waals surface area contributed by atoms with E-state index in [2.05, 4.69) is 0 Å². The summed E-state index contributed by atoms with van der Waals surface area (Å²) in [4.78, 5) is 2.04. The molecule has 1 rings (SSSR count). The number of benzene rings is 1. The summed E-state index contributed by atoms with van der Waals surface area (Å²) in [5.74, 6) is 0.285. The van der Waals surface area contributed by atoms with Crippen LogP contribution in [0.25, 0.3) is 0 Å². The summed E-state index contributed by atoms with van der Waals surface area (Å²) >= 11 is 0. The van der Waals surface area contributed by atoms with Crippen LogP contribution >= 0.6 is 0 Å². The van der Waals surface area contributed by atoms with Crippen LogP contribution < -0.4 is 0 Å². The van der Waals surface area contributed by atoms with Crippen molar-refractivity contribution in [3.05, 3.63) is 29.8 Å². The molecule has 0 aliphatic rings. The quantitative estimate of drug-likeness (QED) is 0.759. The third-order valence-corrected chi connectivity index (χ3v) is 2.36. The summed E-state index contributed by atoms with van der Waals surface area (Å²) in [6.45, 7) is 2.84. The van der Waals surface area contributed by atoms with Crippen LogP contribution in [0.4, 0.5) is 0 Å². The fourth-order valence-electron chi connectivity index (χ4n) is 1.24. The van der Waals surface area contributed by atoms with E-state index in [1.807, 2.05) is 31.0 Å². The lowest BCUT2D eigenvalue weighted by molar-refractivity contribution is 0.154. The molecule has 0 saturated carbocycles. The molecule has 0 bridgehead atoms. The van der Waals surface area contributed by atoms with Crippen LogP contribution in [-0.2, 0) is 6.54 Å². The average molecular weight is 195 g/mol. The molecule has 0 saturated heterocycles. The Bertz CT molecular complexity index is 288. The highest BCUT2D eigenvalue weighted by Gasteiger charge is 2.07. The predicted molar refractivity (Wildman–Crippen MR) is 56.1 cm³/mol. The van der Waals surface area contributed by atoms with Crippen molar-refractivity contribution in [2.24, 2.45) is 0 Å². The summed E-state index contributed by atoms with van der Waals surface area (Å²) in [5.41, 5.74) is 1.05. The van der Waals surface area contributed by atoms with Crippen molar-refractivity contribution in [2.45, 2.75) is 19.5 Å². The standard InChI is InChI=1S/C11H17NO2/c1-9(8-13)12(2)7-10-4-3-5-11(14)6-10/h3-6,9,13-14H,7-8H2,1-2H3. The maximum absolute atomic E-state index is 9.25. The van der Waals surface area contributed by atoms with Gasteiger partial charge in [0, 0.05) is 12.6 Å². The molecule has 2 N–H and O–H groups in total. The first-order valence-corrected chi connectivity index (χ1v) is 4.72. The first-order valence-electron chi connectivity index (χ1n) is 4.72. The number of rotatable bonds is 4. The molecule has 0 aliphatic heterocycles. The van der Waals surface area contributed by atoms with E-state index >= 15 is 0 Å². The summed E-state index contributed by atoms with van der Waals surface area (Å²) in [7, 11) is 1.95. The van der Waals surface area contributed by atoms with Crippen molar-refractivity contribution >= 4 is 0 Å². The Balaban J connectivity index is 2.60. The van der Waals surface area contributed by atoms with Crippen molar-refractivity contribution in [3.8, 4) is 5.75 Å². The highest BCUT2D eigenvalue weighted by molar-refractivity contribution is 5.26. The Morgan fingerprint density at radius 1 is 1.43 bits per heavy atom. The lowest BCUT2D eigenvalue weighted by atomic mass is 10.2. The van der Waals surface area contributed by atoms with Crippen molar-refractivity contribution in [3.63, 3.8) is 0 Å². The van der Waals surface area contributed by atoms with E-state index in [9.17, 15) is 5.11 Å². The molecule has 3 heteroatoms. The van der Waals surface area contributed by atoms with E-state index in [1.54, 1.807) is 12.1 Å². The van der Waals surface area contributed by atoms with Crippen molar-refractivity contribution in [1.29, 1.82) is 0 Å². The first kappa shape index (κ1) is 11.0. The molecule has 1 atom stereocenters. The van der Waals surface area contributed by atoms with Crippen LogP contribution in [0.3, 0.4) is 0 Å². The molecule has 78 valence electrons. The summed E-state index contributed by atoms with van der Waals surface area (Å²) < 4.78 is 0. The maximum Gasteiger partial charge on any atom is 0.115 e. The molecule has 0 amide bonds. The molecule has 0 aliphatic carbocycles. The number of hydrogen-bond acceptors (Lipinski definition) is 3. The molecule has 0 heterocycles. The van der Waals surface area contributed by atoms with Crippen molar-refractivity contribution in [1.82, 2.24) is 4.90 Å². The van der Waals surface area contributed by atoms with Crippen molar-refractivity contribution < 1.29 is 10.2 Å². The van der Waals surface area contributed by atoms with Gasteiger partial charge in [0.2, 0.25) is 0 Å². The molecule has 0 aromatic heterocycles. The number of aliphatic hydroxyl groups is 1. The predicted octanol–water partition coefficient (Wildman–Crippen LogP) is 1.20. The molecule has 3 nitrogen and oxygen atoms in total. The minimum atomic E-state index is 0.136. The highest BCUT2D eigenvalue weighted by Crippen LogP contribution is 2.13. The second kappa shape index (κ2) is 4.98. The monoisotopic (exact) mass is 195 g/mol. The van der Waals surface area contributed by atoms with E-state index < -0.39 is 0 Å². The van der Waals surface area contributed by atoms with Gasteiger partial charge in [0.1, 0.15) is 5.75 Å². The number of phenolic OH excluding ortho intramolecular Hbond substituents is 1. The third-order valence-electron chi connectivity index (χ3n) is 2.36. The largest absolute Gasteiger partial charge is 0.508 e. The topological polar surface area (TPSA) is 43.7 Å². The lowest BCUT2D eigenvalue weighted by Crippen LogP contribution is -2.31. The highest BCUT2D eigenvalue weighted by atomic mass is 16.3. The number of likely N-dealkylation sites (N-methyl/N-ethyl adjacent to an activating group) is 1. The van der Waals surface area contributed by atoms with Gasteiger partial charge >= 0.3 is 0 Å². The number of aliphatic hydroxyl groups excluding tert-OH is 1. The lowest BCUT2D eigenvalue weighted by Gasteiger charge is -2.22. The van der Waals surface area contributed by atoms with Gasteiger partial charge in [-0.25, -0.2) is 0 Å². The van der Waals surface area contributed by atoms with E-state index in [0.29, 0.717) is 0 Å². The molecular weight excluding hydrogens is 178 g/mol. The molecule has 0 radical (unpaired) electrons. The zero-order valence-electron chi connectivity index (χ0n) is 8.64. The van der Waals surface area contributed by atoms with Crippen LogP contribution in [0.5, 0.6) is 5.75 Å². The third kappa shape index (κ3) is 3.01. The van der Waals surface area contributed by atoms with Crippen molar-refractivity contribution in [2.75, 3.05) is 13.7 Å². The number of aromatic hydroxyl groups is 1. The Morgan fingerprint density at radius 3 is 2.71 bits per heavy atom. The summed E-state index contributed by atoms with van der Waals surface area (Å²) in [6, 6.07) is 7.31. The molecule has 1 aromatic rings. The van der Waals surface area contributed by atoms with E-state index in [4.69, 9.17) is 5.11 Å². The number of hydrogen-bond donors (Lipinski definition) is 2. The van der Waals surface area contributed by atoms with Gasteiger partial charge in [0.25, 0.3) is 0 Å². The van der Waals surface area contributed by atoms with Gasteiger partial charge in [-0.2, -0.15) is 0 Å². The molecular formula is C11H17NO2. The van der Waals surface area contributed by atoms with Crippen LogP contribution in [0, 0.1) is 0 Å². The van der Waals surface area contributed by atoms with E-state index in [1.165, 1.54) is 0 Å². The molecule has 14 heavy (non-hydrogen) atoms. The van der Waals surface area contributed by atoms with Gasteiger partial charge in [0.05, 0.1) is 6.61 Å². The zero-order valence-corrected chi connectivity index (χ0v) is 8.64. The second-order valence-corrected chi connectivity index (χ2v) is 3.62. The average Bonchev–Trinajstić information content (AvgIpc) is 2.16. The van der Waals surface area contributed by atoms with Gasteiger partial charge in [-0.15, -0.1) is 0 Å². The smallest absolute Gasteiger partial charge is 0.115 e. The minimum Gasteiger partial charge on any atom is -0.508 e. The fraction of sp³-hybridized carbons (Fsp3) is 0.455. The van der Waals surface area contributed by atoms with Gasteiger partial charge in [-0.1, -0.05) is 12.1 Å². The van der Waals surface area contributed by atoms with Crippen LogP contribution in [-0.4, -0.2) is 34.8 Å². The first-order chi connectivity index (χ1) is 6.63. The zero-order chi connectivity index (χ0) is 10.6. The van der Waals surface area contributed by atoms with Crippen LogP contribution in [0.15, 0.2) is 24.3 Å². The normalized spacial score (nSPS) is 13.1. The van der Waals surface area contributed by atoms with Gasteiger partial charge in [0.15, 0.2) is 0 Å². The Hall–Kier alpha value is -1.06. The molecule has 1 aromatic carbocycles. The molecule has 0 spiro atoms. The maximum atomic E-state index is 9.25. The number of nitrogens with zero attached hydrogens (tertiary/aromatic N) is 1. The summed E-state index contributed by atoms with van der Waals surface area (Å²) in [6.07, 6.45) is 0. The van der Waals surface area contributed by atoms with E-state index in [-0.39, 0.29) is 18.4 Å². The summed E-state index contributed by atoms with van der Waals surface area (Å²) in [5, 5.41) is 18.2. The Kier molecular flexibility index (Phi) is 3.92. The van der Waals surface area contributed by atoms with E-state index in [0.717, 1.165) is 12.1 Å². The Labute approximate surface area is 84.6 Å². The fourth-order valence-corrected chi connectivity index (χ4v) is 1.24. The molecule has 0 fully saturated rings. The van der Waals surface area contributed by atoms with Crippen LogP contribution in [0.2, 0.25) is 0 Å². The second-order valence-electron chi connectivity index (χ2n) is 3.62. The SMILES string of the molecule is CC(CO)N(C)Cc1cccc(O)c1. The Morgan fingerprint density at radius 2 is 2.14 bits per heavy atom. The van der Waals surface area contributed by atoms with Gasteiger partial charge in [-0.3, -0.25) is 4.90 Å².